The number of nitriles is 1. The normalized spacial score (nSPS) is 9.50. The van der Waals surface area contributed by atoms with Crippen molar-refractivity contribution in [1.82, 2.24) is 0 Å². The Labute approximate surface area is 94.7 Å². The largest absolute Gasteiger partial charge is 0.457 e. The van der Waals surface area contributed by atoms with Gasteiger partial charge >= 0.3 is 0 Å². The van der Waals surface area contributed by atoms with Crippen LogP contribution in [0.5, 0.6) is 11.5 Å². The summed E-state index contributed by atoms with van der Waals surface area (Å²) in [6.45, 7) is 1.91. The van der Waals surface area contributed by atoms with Gasteiger partial charge in [0.1, 0.15) is 11.5 Å². The van der Waals surface area contributed by atoms with Crippen molar-refractivity contribution in [2.24, 2.45) is 0 Å². The van der Waals surface area contributed by atoms with E-state index in [2.05, 4.69) is 6.07 Å². The van der Waals surface area contributed by atoms with Crippen LogP contribution in [0.25, 0.3) is 0 Å². The topological polar surface area (TPSA) is 33.0 Å². The summed E-state index contributed by atoms with van der Waals surface area (Å²) in [7, 11) is 0. The zero-order valence-corrected chi connectivity index (χ0v) is 8.97. The first-order chi connectivity index (χ1) is 7.79. The van der Waals surface area contributed by atoms with E-state index in [0.717, 1.165) is 11.3 Å². The third-order valence-corrected chi connectivity index (χ3v) is 2.31. The summed E-state index contributed by atoms with van der Waals surface area (Å²) in [5, 5.41) is 8.90. The van der Waals surface area contributed by atoms with Crippen LogP contribution in [0.4, 0.5) is 0 Å². The van der Waals surface area contributed by atoms with Gasteiger partial charge in [-0.2, -0.15) is 5.26 Å². The highest BCUT2D eigenvalue weighted by Crippen LogP contribution is 2.23. The van der Waals surface area contributed by atoms with Crippen molar-refractivity contribution in [3.05, 3.63) is 59.7 Å². The van der Waals surface area contributed by atoms with Crippen molar-refractivity contribution >= 4 is 0 Å². The molecule has 0 atom stereocenters. The van der Waals surface area contributed by atoms with Crippen molar-refractivity contribution in [3.8, 4) is 17.6 Å². The molecule has 2 heteroatoms. The molecule has 0 fully saturated rings. The van der Waals surface area contributed by atoms with Crippen LogP contribution in [-0.4, -0.2) is 0 Å². The fraction of sp³-hybridized carbons (Fsp3) is 0.0714. The standard InChI is InChI=1S/C14H11NO/c1-11-7-8-14(9-12(11)10-15)16-13-5-3-2-4-6-13/h2-9H,1H3. The first kappa shape index (κ1) is 10.3. The van der Waals surface area contributed by atoms with Gasteiger partial charge in [0.05, 0.1) is 11.6 Å². The third kappa shape index (κ3) is 2.21. The van der Waals surface area contributed by atoms with Gasteiger partial charge in [0.15, 0.2) is 0 Å². The fourth-order valence-electron chi connectivity index (χ4n) is 1.41. The maximum absolute atomic E-state index is 8.90. The van der Waals surface area contributed by atoms with E-state index in [-0.39, 0.29) is 0 Å². The molecule has 0 aliphatic carbocycles. The minimum Gasteiger partial charge on any atom is -0.457 e. The SMILES string of the molecule is Cc1ccc(Oc2ccccc2)cc1C#N. The number of hydrogen-bond acceptors (Lipinski definition) is 2. The lowest BCUT2D eigenvalue weighted by Crippen LogP contribution is -1.87. The van der Waals surface area contributed by atoms with E-state index in [1.807, 2.05) is 49.4 Å². The second-order valence-corrected chi connectivity index (χ2v) is 3.50. The van der Waals surface area contributed by atoms with Crippen LogP contribution >= 0.6 is 0 Å². The lowest BCUT2D eigenvalue weighted by Gasteiger charge is -2.06. The Morgan fingerprint density at radius 1 is 1.00 bits per heavy atom. The van der Waals surface area contributed by atoms with E-state index in [1.54, 1.807) is 6.07 Å². The summed E-state index contributed by atoms with van der Waals surface area (Å²) in [6.07, 6.45) is 0. The molecular weight excluding hydrogens is 198 g/mol. The Morgan fingerprint density at radius 2 is 1.75 bits per heavy atom. The summed E-state index contributed by atoms with van der Waals surface area (Å²) >= 11 is 0. The van der Waals surface area contributed by atoms with Crippen LogP contribution in [0.3, 0.4) is 0 Å². The van der Waals surface area contributed by atoms with Crippen LogP contribution < -0.4 is 4.74 Å². The molecule has 0 N–H and O–H groups in total. The van der Waals surface area contributed by atoms with E-state index in [4.69, 9.17) is 10.00 Å². The number of ether oxygens (including phenoxy) is 1. The average molecular weight is 209 g/mol. The summed E-state index contributed by atoms with van der Waals surface area (Å²) in [5.41, 5.74) is 1.61. The van der Waals surface area contributed by atoms with Crippen molar-refractivity contribution in [3.63, 3.8) is 0 Å². The molecule has 0 unspecified atom stereocenters. The molecule has 0 aliphatic heterocycles. The van der Waals surface area contributed by atoms with Crippen molar-refractivity contribution < 1.29 is 4.74 Å². The summed E-state index contributed by atoms with van der Waals surface area (Å²) in [5.74, 6) is 1.46. The Morgan fingerprint density at radius 3 is 2.44 bits per heavy atom. The van der Waals surface area contributed by atoms with E-state index in [0.29, 0.717) is 11.3 Å². The van der Waals surface area contributed by atoms with Gasteiger partial charge in [-0.05, 0) is 36.8 Å². The van der Waals surface area contributed by atoms with Gasteiger partial charge in [-0.15, -0.1) is 0 Å². The number of aryl methyl sites for hydroxylation is 1. The van der Waals surface area contributed by atoms with E-state index >= 15 is 0 Å². The summed E-state index contributed by atoms with van der Waals surface area (Å²) in [4.78, 5) is 0. The third-order valence-electron chi connectivity index (χ3n) is 2.31. The molecule has 16 heavy (non-hydrogen) atoms. The van der Waals surface area contributed by atoms with Gasteiger partial charge in [-0.25, -0.2) is 0 Å². The molecule has 2 nitrogen and oxygen atoms in total. The fourth-order valence-corrected chi connectivity index (χ4v) is 1.41. The molecule has 78 valence electrons. The molecule has 0 amide bonds. The van der Waals surface area contributed by atoms with Gasteiger partial charge in [-0.1, -0.05) is 24.3 Å². The maximum Gasteiger partial charge on any atom is 0.128 e. The number of benzene rings is 2. The molecule has 2 aromatic carbocycles. The van der Waals surface area contributed by atoms with E-state index in [9.17, 15) is 0 Å². The molecule has 0 spiro atoms. The highest BCUT2D eigenvalue weighted by Gasteiger charge is 2.01. The Bertz CT molecular complexity index is 526. The lowest BCUT2D eigenvalue weighted by atomic mass is 10.1. The summed E-state index contributed by atoms with van der Waals surface area (Å²) in [6, 6.07) is 17.2. The van der Waals surface area contributed by atoms with Gasteiger partial charge in [-0.3, -0.25) is 0 Å². The Hall–Kier alpha value is -2.27. The van der Waals surface area contributed by atoms with E-state index in [1.165, 1.54) is 0 Å². The highest BCUT2D eigenvalue weighted by atomic mass is 16.5. The first-order valence-electron chi connectivity index (χ1n) is 5.03. The molecule has 0 aromatic heterocycles. The molecule has 0 radical (unpaired) electrons. The molecular formula is C14H11NO. The van der Waals surface area contributed by atoms with E-state index < -0.39 is 0 Å². The lowest BCUT2D eigenvalue weighted by molar-refractivity contribution is 0.482. The molecule has 0 saturated carbocycles. The maximum atomic E-state index is 8.90. The number of para-hydroxylation sites is 1. The highest BCUT2D eigenvalue weighted by molar-refractivity contribution is 5.43. The zero-order valence-electron chi connectivity index (χ0n) is 8.97. The quantitative estimate of drug-likeness (QED) is 0.756. The molecule has 0 aliphatic rings. The monoisotopic (exact) mass is 209 g/mol. The van der Waals surface area contributed by atoms with Crippen LogP contribution in [0.1, 0.15) is 11.1 Å². The molecule has 0 saturated heterocycles. The van der Waals surface area contributed by atoms with Crippen molar-refractivity contribution in [2.45, 2.75) is 6.92 Å². The molecule has 0 heterocycles. The zero-order chi connectivity index (χ0) is 11.4. The Kier molecular flexibility index (Phi) is 2.88. The van der Waals surface area contributed by atoms with Gasteiger partial charge in [0.2, 0.25) is 0 Å². The molecule has 2 aromatic rings. The Balaban J connectivity index is 2.27. The summed E-state index contributed by atoms with van der Waals surface area (Å²) < 4.78 is 5.62. The second-order valence-electron chi connectivity index (χ2n) is 3.50. The number of hydrogen-bond donors (Lipinski definition) is 0. The van der Waals surface area contributed by atoms with Gasteiger partial charge < -0.3 is 4.74 Å². The number of rotatable bonds is 2. The average Bonchev–Trinajstić information content (AvgIpc) is 2.33. The smallest absolute Gasteiger partial charge is 0.128 e. The second kappa shape index (κ2) is 4.50. The van der Waals surface area contributed by atoms with Crippen LogP contribution in [0, 0.1) is 18.3 Å². The number of nitrogens with zero attached hydrogens (tertiary/aromatic N) is 1. The van der Waals surface area contributed by atoms with Crippen LogP contribution in [-0.2, 0) is 0 Å². The van der Waals surface area contributed by atoms with Crippen LogP contribution in [0.15, 0.2) is 48.5 Å². The van der Waals surface area contributed by atoms with Gasteiger partial charge in [0, 0.05) is 0 Å². The minimum atomic E-state index is 0.647. The van der Waals surface area contributed by atoms with Crippen LogP contribution in [0.2, 0.25) is 0 Å². The van der Waals surface area contributed by atoms with Crippen molar-refractivity contribution in [2.75, 3.05) is 0 Å². The molecule has 0 bridgehead atoms. The first-order valence-corrected chi connectivity index (χ1v) is 5.03. The minimum absolute atomic E-state index is 0.647. The van der Waals surface area contributed by atoms with Gasteiger partial charge in [0.25, 0.3) is 0 Å². The molecule has 2 rings (SSSR count). The van der Waals surface area contributed by atoms with Crippen molar-refractivity contribution in [1.29, 1.82) is 5.26 Å². The predicted octanol–water partition coefficient (Wildman–Crippen LogP) is 3.66. The predicted molar refractivity (Wildman–Crippen MR) is 62.4 cm³/mol.